The minimum Gasteiger partial charge on any atom is -0.348 e. The molecule has 1 N–H and O–H groups in total. The number of amides is 2. The summed E-state index contributed by atoms with van der Waals surface area (Å²) in [7, 11) is 0. The highest BCUT2D eigenvalue weighted by Crippen LogP contribution is 2.42. The zero-order chi connectivity index (χ0) is 16.0. The Kier molecular flexibility index (Phi) is 3.43. The van der Waals surface area contributed by atoms with E-state index in [9.17, 15) is 9.59 Å². The monoisotopic (exact) mass is 316 g/mol. The largest absolute Gasteiger partial charge is 0.348 e. The lowest BCUT2D eigenvalue weighted by molar-refractivity contribution is -0.145. The van der Waals surface area contributed by atoms with E-state index in [1.165, 1.54) is 12.8 Å². The molecule has 3 aliphatic rings. The lowest BCUT2D eigenvalue weighted by Gasteiger charge is -2.39. The normalized spacial score (nSPS) is 28.0. The van der Waals surface area contributed by atoms with Gasteiger partial charge in [-0.2, -0.15) is 0 Å². The molecule has 1 aromatic heterocycles. The summed E-state index contributed by atoms with van der Waals surface area (Å²) in [6, 6.07) is 0. The van der Waals surface area contributed by atoms with Crippen LogP contribution in [0.1, 0.15) is 48.3 Å². The van der Waals surface area contributed by atoms with Gasteiger partial charge in [0.05, 0.1) is 11.7 Å². The molecule has 1 unspecified atom stereocenters. The smallest absolute Gasteiger partial charge is 0.274 e. The van der Waals surface area contributed by atoms with Crippen LogP contribution in [-0.2, 0) is 4.79 Å². The fraction of sp³-hybridized carbons (Fsp3) is 0.706. The van der Waals surface area contributed by atoms with Crippen molar-refractivity contribution in [3.8, 4) is 0 Å². The van der Waals surface area contributed by atoms with E-state index < -0.39 is 0 Å². The fourth-order valence-electron chi connectivity index (χ4n) is 4.09. The summed E-state index contributed by atoms with van der Waals surface area (Å²) in [5.74, 6) is 0.956. The number of nitrogens with zero attached hydrogens (tertiary/aromatic N) is 3. The molecule has 1 saturated carbocycles. The molecule has 1 aromatic rings. The van der Waals surface area contributed by atoms with Crippen LogP contribution < -0.4 is 0 Å². The fourth-order valence-corrected chi connectivity index (χ4v) is 4.09. The van der Waals surface area contributed by atoms with Crippen LogP contribution in [0.15, 0.2) is 6.33 Å². The Balaban J connectivity index is 1.48. The van der Waals surface area contributed by atoms with Crippen molar-refractivity contribution in [1.82, 2.24) is 19.8 Å². The molecule has 0 aromatic carbocycles. The third-order valence-corrected chi connectivity index (χ3v) is 5.67. The summed E-state index contributed by atoms with van der Waals surface area (Å²) in [5.41, 5.74) is 0.939. The SMILES string of the molecule is Cc1[nH]cnc1C(=O)N1CCC2(CCCN(CC3CC3)C2=O)C1. The molecular formula is C17H24N4O2. The highest BCUT2D eigenvalue weighted by atomic mass is 16.2. The Morgan fingerprint density at radius 2 is 2.22 bits per heavy atom. The Morgan fingerprint density at radius 1 is 1.39 bits per heavy atom. The van der Waals surface area contributed by atoms with Gasteiger partial charge < -0.3 is 14.8 Å². The van der Waals surface area contributed by atoms with Gasteiger partial charge in [-0.05, 0) is 44.9 Å². The molecule has 6 nitrogen and oxygen atoms in total. The number of imidazole rings is 1. The van der Waals surface area contributed by atoms with Crippen molar-refractivity contribution in [2.75, 3.05) is 26.2 Å². The number of carbonyl (C=O) groups excluding carboxylic acids is 2. The molecule has 2 saturated heterocycles. The van der Waals surface area contributed by atoms with Crippen LogP contribution in [0, 0.1) is 18.3 Å². The highest BCUT2D eigenvalue weighted by molar-refractivity contribution is 5.94. The predicted molar refractivity (Wildman–Crippen MR) is 84.8 cm³/mol. The number of aromatic nitrogens is 2. The molecule has 3 fully saturated rings. The quantitative estimate of drug-likeness (QED) is 0.920. The number of hydrogen-bond acceptors (Lipinski definition) is 3. The molecule has 6 heteroatoms. The van der Waals surface area contributed by atoms with Crippen LogP contribution in [0.3, 0.4) is 0 Å². The molecule has 0 bridgehead atoms. The Morgan fingerprint density at radius 3 is 2.91 bits per heavy atom. The average molecular weight is 316 g/mol. The molecule has 3 heterocycles. The van der Waals surface area contributed by atoms with Crippen LogP contribution in [0.25, 0.3) is 0 Å². The standard InChI is InChI=1S/C17H24N4O2/c1-12-14(19-11-18-12)15(22)21-8-6-17(10-21)5-2-7-20(16(17)23)9-13-3-4-13/h11,13H,2-10H2,1H3,(H,18,19). The second-order valence-corrected chi connectivity index (χ2v) is 7.43. The summed E-state index contributed by atoms with van der Waals surface area (Å²) in [5, 5.41) is 0. The van der Waals surface area contributed by atoms with Gasteiger partial charge >= 0.3 is 0 Å². The second-order valence-electron chi connectivity index (χ2n) is 7.43. The zero-order valence-corrected chi connectivity index (χ0v) is 13.7. The highest BCUT2D eigenvalue weighted by Gasteiger charge is 2.50. The maximum Gasteiger partial charge on any atom is 0.274 e. The molecule has 1 atom stereocenters. The zero-order valence-electron chi connectivity index (χ0n) is 13.7. The molecule has 1 aliphatic carbocycles. The minimum atomic E-state index is -0.340. The Bertz CT molecular complexity index is 636. The van der Waals surface area contributed by atoms with Gasteiger partial charge in [0, 0.05) is 31.9 Å². The van der Waals surface area contributed by atoms with E-state index >= 15 is 0 Å². The van der Waals surface area contributed by atoms with Crippen LogP contribution in [0.2, 0.25) is 0 Å². The first-order chi connectivity index (χ1) is 11.1. The van der Waals surface area contributed by atoms with Crippen LogP contribution in [0.5, 0.6) is 0 Å². The van der Waals surface area contributed by atoms with Crippen molar-refractivity contribution in [2.24, 2.45) is 11.3 Å². The molecule has 2 amide bonds. The molecule has 4 rings (SSSR count). The van der Waals surface area contributed by atoms with Gasteiger partial charge in [0.25, 0.3) is 5.91 Å². The van der Waals surface area contributed by atoms with Crippen molar-refractivity contribution in [3.63, 3.8) is 0 Å². The number of nitrogens with one attached hydrogen (secondary N) is 1. The van der Waals surface area contributed by atoms with E-state index in [1.54, 1.807) is 6.33 Å². The molecule has 1 spiro atoms. The van der Waals surface area contributed by atoms with E-state index in [-0.39, 0.29) is 17.2 Å². The van der Waals surface area contributed by atoms with Gasteiger partial charge in [-0.3, -0.25) is 9.59 Å². The van der Waals surface area contributed by atoms with Gasteiger partial charge in [0.15, 0.2) is 0 Å². The first kappa shape index (κ1) is 14.7. The number of rotatable bonds is 3. The summed E-state index contributed by atoms with van der Waals surface area (Å²) >= 11 is 0. The topological polar surface area (TPSA) is 69.3 Å². The van der Waals surface area contributed by atoms with Gasteiger partial charge in [0.2, 0.25) is 5.91 Å². The number of carbonyl (C=O) groups is 2. The first-order valence-electron chi connectivity index (χ1n) is 8.68. The maximum absolute atomic E-state index is 13.0. The van der Waals surface area contributed by atoms with E-state index in [1.807, 2.05) is 11.8 Å². The van der Waals surface area contributed by atoms with Crippen molar-refractivity contribution < 1.29 is 9.59 Å². The Hall–Kier alpha value is -1.85. The molecular weight excluding hydrogens is 292 g/mol. The third-order valence-electron chi connectivity index (χ3n) is 5.67. The number of likely N-dealkylation sites (tertiary alicyclic amines) is 2. The lowest BCUT2D eigenvalue weighted by atomic mass is 9.78. The lowest BCUT2D eigenvalue weighted by Crippen LogP contribution is -2.51. The van der Waals surface area contributed by atoms with Crippen molar-refractivity contribution in [3.05, 3.63) is 17.7 Å². The van der Waals surface area contributed by atoms with Gasteiger partial charge in [0.1, 0.15) is 5.69 Å². The predicted octanol–water partition coefficient (Wildman–Crippen LogP) is 1.58. The van der Waals surface area contributed by atoms with E-state index in [4.69, 9.17) is 0 Å². The van der Waals surface area contributed by atoms with Gasteiger partial charge in [-0.25, -0.2) is 4.98 Å². The number of hydrogen-bond donors (Lipinski definition) is 1. The van der Waals surface area contributed by atoms with E-state index in [0.717, 1.165) is 44.0 Å². The average Bonchev–Trinajstić information content (AvgIpc) is 3.08. The second kappa shape index (κ2) is 5.35. The van der Waals surface area contributed by atoms with Crippen LogP contribution in [-0.4, -0.2) is 57.8 Å². The molecule has 0 radical (unpaired) electrons. The summed E-state index contributed by atoms with van der Waals surface area (Å²) < 4.78 is 0. The molecule has 2 aliphatic heterocycles. The van der Waals surface area contributed by atoms with Crippen molar-refractivity contribution in [2.45, 2.75) is 39.0 Å². The van der Waals surface area contributed by atoms with E-state index in [0.29, 0.717) is 18.8 Å². The van der Waals surface area contributed by atoms with Gasteiger partial charge in [-0.15, -0.1) is 0 Å². The van der Waals surface area contributed by atoms with Crippen molar-refractivity contribution >= 4 is 11.8 Å². The molecule has 23 heavy (non-hydrogen) atoms. The first-order valence-corrected chi connectivity index (χ1v) is 8.68. The number of H-pyrrole nitrogens is 1. The Labute approximate surface area is 136 Å². The summed E-state index contributed by atoms with van der Waals surface area (Å²) in [4.78, 5) is 36.6. The summed E-state index contributed by atoms with van der Waals surface area (Å²) in [6.45, 7) is 4.89. The number of aryl methyl sites for hydroxylation is 1. The molecule has 124 valence electrons. The summed E-state index contributed by atoms with van der Waals surface area (Å²) in [6.07, 6.45) is 6.84. The van der Waals surface area contributed by atoms with E-state index in [2.05, 4.69) is 14.9 Å². The third kappa shape index (κ3) is 2.54. The van der Waals surface area contributed by atoms with Crippen LogP contribution >= 0.6 is 0 Å². The minimum absolute atomic E-state index is 0.0484. The van der Waals surface area contributed by atoms with Gasteiger partial charge in [-0.1, -0.05) is 0 Å². The maximum atomic E-state index is 13.0. The van der Waals surface area contributed by atoms with Crippen molar-refractivity contribution in [1.29, 1.82) is 0 Å². The number of piperidine rings is 1. The number of aromatic amines is 1. The van der Waals surface area contributed by atoms with Crippen LogP contribution in [0.4, 0.5) is 0 Å².